The van der Waals surface area contributed by atoms with Crippen LogP contribution >= 0.6 is 0 Å². The van der Waals surface area contributed by atoms with Crippen LogP contribution in [0.3, 0.4) is 0 Å². The van der Waals surface area contributed by atoms with E-state index >= 15 is 0 Å². The second kappa shape index (κ2) is 10.8. The SMILES string of the molecule is O=C1CCC(N2C(=O)c3cc(F)cc(CCCCCCCCNC45CC6CC(CC(C6)C4)C5)c3C2=O)C(=O)N1. The van der Waals surface area contributed by atoms with Crippen molar-refractivity contribution in [3.05, 3.63) is 34.6 Å². The van der Waals surface area contributed by atoms with Gasteiger partial charge in [0, 0.05) is 12.0 Å². The molecule has 0 spiro atoms. The van der Waals surface area contributed by atoms with Crippen LogP contribution in [0.15, 0.2) is 12.1 Å². The van der Waals surface area contributed by atoms with E-state index in [9.17, 15) is 23.6 Å². The molecule has 2 heterocycles. The Labute approximate surface area is 229 Å². The molecular formula is C31H40FN3O4. The molecule has 2 aliphatic heterocycles. The molecule has 1 saturated heterocycles. The molecule has 1 aromatic rings. The largest absolute Gasteiger partial charge is 0.311 e. The van der Waals surface area contributed by atoms with Crippen molar-refractivity contribution in [2.75, 3.05) is 6.54 Å². The molecular weight excluding hydrogens is 497 g/mol. The Morgan fingerprint density at radius 1 is 0.872 bits per heavy atom. The fraction of sp³-hybridized carbons (Fsp3) is 0.677. The molecule has 8 heteroatoms. The number of halogens is 1. The fourth-order valence-corrected chi connectivity index (χ4v) is 8.66. The molecule has 210 valence electrons. The van der Waals surface area contributed by atoms with Gasteiger partial charge in [-0.2, -0.15) is 0 Å². The van der Waals surface area contributed by atoms with Gasteiger partial charge in [0.1, 0.15) is 11.9 Å². The smallest absolute Gasteiger partial charge is 0.262 e. The van der Waals surface area contributed by atoms with E-state index in [1.54, 1.807) is 0 Å². The number of nitrogens with one attached hydrogen (secondary N) is 2. The Kier molecular flexibility index (Phi) is 7.34. The number of carbonyl (C=O) groups excluding carboxylic acids is 4. The van der Waals surface area contributed by atoms with Crippen LogP contribution in [0.4, 0.5) is 4.39 Å². The number of hydrogen-bond donors (Lipinski definition) is 2. The van der Waals surface area contributed by atoms with Crippen molar-refractivity contribution in [3.63, 3.8) is 0 Å². The van der Waals surface area contributed by atoms with Crippen LogP contribution in [-0.4, -0.2) is 46.7 Å². The van der Waals surface area contributed by atoms with Crippen molar-refractivity contribution in [1.29, 1.82) is 0 Å². The van der Waals surface area contributed by atoms with Crippen molar-refractivity contribution in [2.24, 2.45) is 17.8 Å². The maximum atomic E-state index is 14.4. The van der Waals surface area contributed by atoms with Gasteiger partial charge in [-0.15, -0.1) is 0 Å². The summed E-state index contributed by atoms with van der Waals surface area (Å²) < 4.78 is 14.4. The van der Waals surface area contributed by atoms with E-state index < -0.39 is 35.5 Å². The third kappa shape index (κ3) is 5.29. The third-order valence-electron chi connectivity index (χ3n) is 10.00. The Morgan fingerprint density at radius 2 is 1.51 bits per heavy atom. The van der Waals surface area contributed by atoms with Crippen LogP contribution < -0.4 is 10.6 Å². The number of hydrogen-bond acceptors (Lipinski definition) is 5. The molecule has 4 amide bonds. The number of fused-ring (bicyclic) bond motifs is 1. The molecule has 6 aliphatic rings. The maximum absolute atomic E-state index is 14.4. The van der Waals surface area contributed by atoms with Gasteiger partial charge in [-0.3, -0.25) is 29.4 Å². The molecule has 0 radical (unpaired) electrons. The number of imide groups is 2. The summed E-state index contributed by atoms with van der Waals surface area (Å²) in [6.07, 6.45) is 15.7. The molecule has 4 bridgehead atoms. The maximum Gasteiger partial charge on any atom is 0.262 e. The second-order valence-corrected chi connectivity index (χ2v) is 12.9. The highest BCUT2D eigenvalue weighted by molar-refractivity contribution is 6.24. The number of carbonyl (C=O) groups is 4. The van der Waals surface area contributed by atoms with Gasteiger partial charge >= 0.3 is 0 Å². The number of aryl methyl sites for hydroxylation is 1. The van der Waals surface area contributed by atoms with E-state index in [2.05, 4.69) is 10.6 Å². The minimum absolute atomic E-state index is 0.0197. The second-order valence-electron chi connectivity index (χ2n) is 12.9. The standard InChI is InChI=1S/C31H40FN3O4/c32-23-14-22(27-24(15-23)29(38)35(30(27)39)25-8-9-26(36)34-28(25)37)7-5-3-1-2-4-6-10-33-31-16-19-11-20(17-31)13-21(12-19)18-31/h14-15,19-21,25,33H,1-13,16-18H2,(H,34,36,37). The Hall–Kier alpha value is -2.61. The lowest BCUT2D eigenvalue weighted by molar-refractivity contribution is -0.136. The number of rotatable bonds is 11. The zero-order valence-electron chi connectivity index (χ0n) is 22.7. The van der Waals surface area contributed by atoms with Crippen LogP contribution in [0.5, 0.6) is 0 Å². The molecule has 4 aliphatic carbocycles. The highest BCUT2D eigenvalue weighted by Gasteiger charge is 2.50. The summed E-state index contributed by atoms with van der Waals surface area (Å²) in [5.74, 6) is 0.0559. The minimum atomic E-state index is -1.04. The van der Waals surface area contributed by atoms with Gasteiger partial charge in [-0.05, 0) is 106 Å². The molecule has 5 fully saturated rings. The lowest BCUT2D eigenvalue weighted by Gasteiger charge is -2.57. The molecule has 39 heavy (non-hydrogen) atoms. The third-order valence-corrected chi connectivity index (χ3v) is 10.00. The van der Waals surface area contributed by atoms with Gasteiger partial charge < -0.3 is 5.32 Å². The van der Waals surface area contributed by atoms with Crippen LogP contribution in [0, 0.1) is 23.6 Å². The molecule has 1 aromatic carbocycles. The summed E-state index contributed by atoms with van der Waals surface area (Å²) in [5, 5.41) is 6.17. The first kappa shape index (κ1) is 26.6. The van der Waals surface area contributed by atoms with E-state index in [-0.39, 0.29) is 24.0 Å². The number of benzene rings is 1. The summed E-state index contributed by atoms with van der Waals surface area (Å²) in [7, 11) is 0. The predicted octanol–water partition coefficient (Wildman–Crippen LogP) is 4.67. The van der Waals surface area contributed by atoms with Crippen LogP contribution in [0.25, 0.3) is 0 Å². The quantitative estimate of drug-likeness (QED) is 0.316. The molecule has 1 atom stereocenters. The van der Waals surface area contributed by atoms with E-state index in [4.69, 9.17) is 0 Å². The minimum Gasteiger partial charge on any atom is -0.311 e. The van der Waals surface area contributed by atoms with Gasteiger partial charge in [0.05, 0.1) is 11.1 Å². The molecule has 7 nitrogen and oxygen atoms in total. The van der Waals surface area contributed by atoms with Gasteiger partial charge in [0.15, 0.2) is 0 Å². The summed E-state index contributed by atoms with van der Waals surface area (Å²) in [4.78, 5) is 50.9. The number of nitrogens with zero attached hydrogens (tertiary/aromatic N) is 1. The summed E-state index contributed by atoms with van der Waals surface area (Å²) in [5.41, 5.74) is 1.19. The normalized spacial score (nSPS) is 31.3. The summed E-state index contributed by atoms with van der Waals surface area (Å²) in [6, 6.07) is 1.39. The average molecular weight is 538 g/mol. The summed E-state index contributed by atoms with van der Waals surface area (Å²) >= 11 is 0. The van der Waals surface area contributed by atoms with Crippen molar-refractivity contribution in [3.8, 4) is 0 Å². The fourth-order valence-electron chi connectivity index (χ4n) is 8.66. The molecule has 7 rings (SSSR count). The molecule has 0 aromatic heterocycles. The lowest BCUT2D eigenvalue weighted by Crippen LogP contribution is -2.58. The highest BCUT2D eigenvalue weighted by Crippen LogP contribution is 2.55. The van der Waals surface area contributed by atoms with Crippen LogP contribution in [0.2, 0.25) is 0 Å². The van der Waals surface area contributed by atoms with Crippen molar-refractivity contribution < 1.29 is 23.6 Å². The Bertz CT molecular complexity index is 1150. The van der Waals surface area contributed by atoms with Crippen LogP contribution in [0.1, 0.15) is 116 Å². The Morgan fingerprint density at radius 3 is 2.18 bits per heavy atom. The van der Waals surface area contributed by atoms with Crippen molar-refractivity contribution in [1.82, 2.24) is 15.5 Å². The van der Waals surface area contributed by atoms with E-state index in [1.165, 1.54) is 57.4 Å². The van der Waals surface area contributed by atoms with E-state index in [1.807, 2.05) is 0 Å². The van der Waals surface area contributed by atoms with Gasteiger partial charge in [0.2, 0.25) is 11.8 Å². The van der Waals surface area contributed by atoms with Gasteiger partial charge in [-0.1, -0.05) is 25.7 Å². The number of piperidine rings is 1. The van der Waals surface area contributed by atoms with Gasteiger partial charge in [0.25, 0.3) is 11.8 Å². The molecule has 2 N–H and O–H groups in total. The molecule has 1 unspecified atom stereocenters. The van der Waals surface area contributed by atoms with E-state index in [0.717, 1.165) is 60.9 Å². The van der Waals surface area contributed by atoms with Crippen LogP contribution in [-0.2, 0) is 16.0 Å². The highest BCUT2D eigenvalue weighted by atomic mass is 19.1. The monoisotopic (exact) mass is 537 g/mol. The number of unbranched alkanes of at least 4 members (excludes halogenated alkanes) is 5. The van der Waals surface area contributed by atoms with E-state index in [0.29, 0.717) is 17.5 Å². The van der Waals surface area contributed by atoms with Crippen molar-refractivity contribution >= 4 is 23.6 Å². The zero-order chi connectivity index (χ0) is 27.1. The summed E-state index contributed by atoms with van der Waals surface area (Å²) in [6.45, 7) is 1.11. The first-order chi connectivity index (χ1) is 18.8. The topological polar surface area (TPSA) is 95.6 Å². The first-order valence-electron chi connectivity index (χ1n) is 15.1. The zero-order valence-corrected chi connectivity index (χ0v) is 22.7. The first-order valence-corrected chi connectivity index (χ1v) is 15.1. The average Bonchev–Trinajstić information content (AvgIpc) is 3.11. The van der Waals surface area contributed by atoms with Crippen molar-refractivity contribution in [2.45, 2.75) is 108 Å². The molecule has 4 saturated carbocycles. The van der Waals surface area contributed by atoms with Gasteiger partial charge in [-0.25, -0.2) is 4.39 Å². The predicted molar refractivity (Wildman–Crippen MR) is 143 cm³/mol. The number of amides is 4. The lowest BCUT2D eigenvalue weighted by atomic mass is 9.53. The Balaban J connectivity index is 0.945.